The first kappa shape index (κ1) is 22.2. The fourth-order valence-corrected chi connectivity index (χ4v) is 3.78. The van der Waals surface area contributed by atoms with Crippen molar-refractivity contribution in [3.63, 3.8) is 0 Å². The van der Waals surface area contributed by atoms with E-state index in [4.69, 9.17) is 21.7 Å². The summed E-state index contributed by atoms with van der Waals surface area (Å²) in [5, 5.41) is 8.52. The number of thiocarbonyl (C=S) groups is 1. The van der Waals surface area contributed by atoms with E-state index in [0.717, 1.165) is 19.4 Å². The number of benzene rings is 2. The Morgan fingerprint density at radius 3 is 2.73 bits per heavy atom. The Kier molecular flexibility index (Phi) is 7.78. The van der Waals surface area contributed by atoms with Gasteiger partial charge >= 0.3 is 0 Å². The summed E-state index contributed by atoms with van der Waals surface area (Å²) in [5.74, 6) is 0.00757. The summed E-state index contributed by atoms with van der Waals surface area (Å²) in [4.78, 5) is 25.1. The van der Waals surface area contributed by atoms with Gasteiger partial charge in [0, 0.05) is 18.7 Å². The summed E-state index contributed by atoms with van der Waals surface area (Å²) in [6, 6.07) is 11.9. The molecule has 3 N–H and O–H groups in total. The maximum atomic E-state index is 12.6. The molecule has 158 valence electrons. The van der Waals surface area contributed by atoms with Gasteiger partial charge in [-0.15, -0.1) is 0 Å². The summed E-state index contributed by atoms with van der Waals surface area (Å²) >= 11 is 8.61. The molecule has 7 nitrogen and oxygen atoms in total. The molecule has 1 heterocycles. The third-order valence-corrected chi connectivity index (χ3v) is 5.40. The fourth-order valence-electron chi connectivity index (χ4n) is 3.03. The van der Waals surface area contributed by atoms with Gasteiger partial charge in [-0.25, -0.2) is 0 Å². The molecule has 0 saturated carbocycles. The van der Waals surface area contributed by atoms with E-state index in [0.29, 0.717) is 33.6 Å². The molecule has 2 aromatic carbocycles. The molecule has 9 heteroatoms. The zero-order chi connectivity index (χ0) is 21.5. The number of carbonyl (C=O) groups excluding carboxylic acids is 2. The highest BCUT2D eigenvalue weighted by Crippen LogP contribution is 2.25. The van der Waals surface area contributed by atoms with Gasteiger partial charge < -0.3 is 20.1 Å². The molecular weight excluding hydrogens is 470 g/mol. The van der Waals surface area contributed by atoms with E-state index in [9.17, 15) is 9.59 Å². The second-order valence-electron chi connectivity index (χ2n) is 6.65. The topological polar surface area (TPSA) is 88.7 Å². The summed E-state index contributed by atoms with van der Waals surface area (Å²) in [5.41, 5.74) is 1.34. The van der Waals surface area contributed by atoms with Crippen molar-refractivity contribution in [1.82, 2.24) is 10.6 Å². The van der Waals surface area contributed by atoms with Gasteiger partial charge in [0.05, 0.1) is 28.9 Å². The average molecular weight is 492 g/mol. The average Bonchev–Trinajstić information content (AvgIpc) is 3.26. The number of anilines is 1. The van der Waals surface area contributed by atoms with Gasteiger partial charge in [-0.2, -0.15) is 0 Å². The number of rotatable bonds is 6. The van der Waals surface area contributed by atoms with Gasteiger partial charge in [0.25, 0.3) is 11.8 Å². The maximum absolute atomic E-state index is 12.6. The van der Waals surface area contributed by atoms with Gasteiger partial charge in [-0.05, 0) is 71.3 Å². The first-order chi connectivity index (χ1) is 14.5. The van der Waals surface area contributed by atoms with E-state index in [1.54, 1.807) is 49.6 Å². The van der Waals surface area contributed by atoms with Crippen LogP contribution in [0, 0.1) is 0 Å². The van der Waals surface area contributed by atoms with Crippen LogP contribution in [0.2, 0.25) is 0 Å². The van der Waals surface area contributed by atoms with Crippen LogP contribution in [0.1, 0.15) is 33.6 Å². The molecule has 1 aliphatic rings. The summed E-state index contributed by atoms with van der Waals surface area (Å²) in [6.07, 6.45) is 2.01. The van der Waals surface area contributed by atoms with Crippen LogP contribution >= 0.6 is 28.1 Å². The van der Waals surface area contributed by atoms with Crippen LogP contribution in [0.15, 0.2) is 46.9 Å². The first-order valence-corrected chi connectivity index (χ1v) is 10.6. The standard InChI is InChI=1S/C21H22BrN3O4S/c1-28-18-9-8-13(11-16(18)22)19(26)25-21(30)24-17-7-3-2-6-15(17)20(27)23-12-14-5-4-10-29-14/h2-3,6-9,11,14H,4-5,10,12H2,1H3,(H,23,27)(H2,24,25,26,30). The van der Waals surface area contributed by atoms with E-state index in [2.05, 4.69) is 31.9 Å². The Bertz CT molecular complexity index is 948. The lowest BCUT2D eigenvalue weighted by molar-refractivity contribution is 0.0858. The highest BCUT2D eigenvalue weighted by atomic mass is 79.9. The van der Waals surface area contributed by atoms with E-state index >= 15 is 0 Å². The molecule has 30 heavy (non-hydrogen) atoms. The molecule has 1 atom stereocenters. The minimum atomic E-state index is -0.379. The predicted molar refractivity (Wildman–Crippen MR) is 122 cm³/mol. The second-order valence-corrected chi connectivity index (χ2v) is 7.91. The number of nitrogens with one attached hydrogen (secondary N) is 3. The fraction of sp³-hybridized carbons (Fsp3) is 0.286. The predicted octanol–water partition coefficient (Wildman–Crippen LogP) is 3.49. The number of hydrogen-bond donors (Lipinski definition) is 3. The Balaban J connectivity index is 1.61. The lowest BCUT2D eigenvalue weighted by Gasteiger charge is -2.15. The van der Waals surface area contributed by atoms with E-state index in [1.165, 1.54) is 0 Å². The lowest BCUT2D eigenvalue weighted by atomic mass is 10.1. The summed E-state index contributed by atoms with van der Waals surface area (Å²) in [7, 11) is 1.55. The molecule has 0 radical (unpaired) electrons. The molecule has 2 aromatic rings. The first-order valence-electron chi connectivity index (χ1n) is 9.42. The molecule has 0 bridgehead atoms. The third-order valence-electron chi connectivity index (χ3n) is 4.58. The van der Waals surface area contributed by atoms with Crippen molar-refractivity contribution in [3.8, 4) is 5.75 Å². The number of carbonyl (C=O) groups is 2. The van der Waals surface area contributed by atoms with Crippen LogP contribution < -0.4 is 20.7 Å². The molecule has 2 amide bonds. The zero-order valence-electron chi connectivity index (χ0n) is 16.4. The van der Waals surface area contributed by atoms with E-state index in [-0.39, 0.29) is 23.0 Å². The SMILES string of the molecule is COc1ccc(C(=O)NC(=S)Nc2ccccc2C(=O)NCC2CCCO2)cc1Br. The van der Waals surface area contributed by atoms with E-state index in [1.807, 2.05) is 0 Å². The Morgan fingerprint density at radius 2 is 2.03 bits per heavy atom. The molecular formula is C21H22BrN3O4S. The highest BCUT2D eigenvalue weighted by Gasteiger charge is 2.18. The molecule has 1 aliphatic heterocycles. The summed E-state index contributed by atoms with van der Waals surface area (Å²) < 4.78 is 11.4. The molecule has 1 unspecified atom stereocenters. The van der Waals surface area contributed by atoms with Crippen LogP contribution in [0.5, 0.6) is 5.75 Å². The maximum Gasteiger partial charge on any atom is 0.257 e. The number of methoxy groups -OCH3 is 1. The quantitative estimate of drug-likeness (QED) is 0.536. The minimum absolute atomic E-state index is 0.0539. The van der Waals surface area contributed by atoms with Crippen molar-refractivity contribution < 1.29 is 19.1 Å². The van der Waals surface area contributed by atoms with Gasteiger partial charge in [-0.1, -0.05) is 12.1 Å². The van der Waals surface area contributed by atoms with Gasteiger partial charge in [-0.3, -0.25) is 14.9 Å². The third kappa shape index (κ3) is 5.78. The molecule has 0 aromatic heterocycles. The van der Waals surface area contributed by atoms with Crippen molar-refractivity contribution in [2.45, 2.75) is 18.9 Å². The molecule has 0 aliphatic carbocycles. The van der Waals surface area contributed by atoms with Crippen LogP contribution in [-0.2, 0) is 4.74 Å². The number of hydrogen-bond acceptors (Lipinski definition) is 5. The van der Waals surface area contributed by atoms with Gasteiger partial charge in [0.2, 0.25) is 0 Å². The highest BCUT2D eigenvalue weighted by molar-refractivity contribution is 9.10. The Labute approximate surface area is 188 Å². The van der Waals surface area contributed by atoms with Crippen molar-refractivity contribution in [3.05, 3.63) is 58.1 Å². The van der Waals surface area contributed by atoms with Crippen LogP contribution in [0.25, 0.3) is 0 Å². The van der Waals surface area contributed by atoms with Gasteiger partial charge in [0.15, 0.2) is 5.11 Å². The van der Waals surface area contributed by atoms with Crippen LogP contribution in [0.3, 0.4) is 0 Å². The summed E-state index contributed by atoms with van der Waals surface area (Å²) in [6.45, 7) is 1.19. The number of halogens is 1. The lowest BCUT2D eigenvalue weighted by Crippen LogP contribution is -2.35. The van der Waals surface area contributed by atoms with Crippen molar-refractivity contribution >= 4 is 50.8 Å². The van der Waals surface area contributed by atoms with Crippen molar-refractivity contribution in [2.24, 2.45) is 0 Å². The molecule has 3 rings (SSSR count). The zero-order valence-corrected chi connectivity index (χ0v) is 18.8. The minimum Gasteiger partial charge on any atom is -0.496 e. The molecule has 1 fully saturated rings. The number of amides is 2. The Morgan fingerprint density at radius 1 is 1.23 bits per heavy atom. The molecule has 1 saturated heterocycles. The van der Waals surface area contributed by atoms with Crippen LogP contribution in [0.4, 0.5) is 5.69 Å². The molecule has 0 spiro atoms. The van der Waals surface area contributed by atoms with Crippen molar-refractivity contribution in [2.75, 3.05) is 25.6 Å². The number of ether oxygens (including phenoxy) is 2. The van der Waals surface area contributed by atoms with Crippen molar-refractivity contribution in [1.29, 1.82) is 0 Å². The second kappa shape index (κ2) is 10.5. The number of para-hydroxylation sites is 1. The van der Waals surface area contributed by atoms with E-state index < -0.39 is 0 Å². The smallest absolute Gasteiger partial charge is 0.257 e. The van der Waals surface area contributed by atoms with Crippen LogP contribution in [-0.4, -0.2) is 43.3 Å². The van der Waals surface area contributed by atoms with Gasteiger partial charge in [0.1, 0.15) is 5.75 Å². The largest absolute Gasteiger partial charge is 0.496 e. The monoisotopic (exact) mass is 491 g/mol. The Hall–Kier alpha value is -2.49. The normalized spacial score (nSPS) is 15.3.